The third-order valence-corrected chi connectivity index (χ3v) is 5.06. The Hall–Kier alpha value is -3.87. The van der Waals surface area contributed by atoms with Crippen LogP contribution in [0.4, 0.5) is 0 Å². The van der Waals surface area contributed by atoms with Gasteiger partial charge in [-0.2, -0.15) is 9.78 Å². The molecule has 0 saturated heterocycles. The molecule has 0 bridgehead atoms. The van der Waals surface area contributed by atoms with Crippen molar-refractivity contribution in [2.45, 2.75) is 26.4 Å². The quantitative estimate of drug-likeness (QED) is 0.500. The molecule has 2 heterocycles. The molecule has 2 aliphatic heterocycles. The summed E-state index contributed by atoms with van der Waals surface area (Å²) in [6, 6.07) is 16.7. The maximum atomic E-state index is 13.1. The van der Waals surface area contributed by atoms with E-state index in [0.717, 1.165) is 17.7 Å². The van der Waals surface area contributed by atoms with Gasteiger partial charge in [0, 0.05) is 25.5 Å². The third-order valence-electron chi connectivity index (χ3n) is 5.06. The Kier molecular flexibility index (Phi) is 5.84. The van der Waals surface area contributed by atoms with Crippen LogP contribution >= 0.6 is 0 Å². The average molecular weight is 416 g/mol. The number of carbonyl (C=O) groups is 1. The lowest BCUT2D eigenvalue weighted by molar-refractivity contribution is 0.0950. The van der Waals surface area contributed by atoms with Gasteiger partial charge in [0.15, 0.2) is 0 Å². The van der Waals surface area contributed by atoms with Crippen molar-refractivity contribution in [2.75, 3.05) is 7.11 Å². The van der Waals surface area contributed by atoms with Crippen molar-refractivity contribution in [3.05, 3.63) is 88.5 Å². The van der Waals surface area contributed by atoms with Crippen molar-refractivity contribution in [3.8, 4) is 22.7 Å². The second kappa shape index (κ2) is 8.87. The number of aryl methyl sites for hydroxylation is 1. The van der Waals surface area contributed by atoms with E-state index in [-0.39, 0.29) is 11.5 Å². The summed E-state index contributed by atoms with van der Waals surface area (Å²) in [5.74, 6) is 0.485. The zero-order valence-electron chi connectivity index (χ0n) is 17.5. The number of methoxy groups -OCH3 is 1. The number of fused-ring (bicyclic) bond motifs is 1. The smallest absolute Gasteiger partial charge is 0.282 e. The number of aromatic nitrogens is 3. The van der Waals surface area contributed by atoms with Crippen LogP contribution in [0.5, 0.6) is 5.75 Å². The predicted molar refractivity (Wildman–Crippen MR) is 119 cm³/mol. The Morgan fingerprint density at radius 2 is 1.81 bits per heavy atom. The number of nitrogens with zero attached hydrogens (tertiary/aromatic N) is 3. The highest BCUT2D eigenvalue weighted by Crippen LogP contribution is 2.23. The highest BCUT2D eigenvalue weighted by atomic mass is 16.5. The molecular weight excluding hydrogens is 392 g/mol. The van der Waals surface area contributed by atoms with Gasteiger partial charge < -0.3 is 14.6 Å². The van der Waals surface area contributed by atoms with Gasteiger partial charge in [0.25, 0.3) is 11.5 Å². The van der Waals surface area contributed by atoms with E-state index in [1.54, 1.807) is 19.5 Å². The van der Waals surface area contributed by atoms with E-state index in [0.29, 0.717) is 35.6 Å². The van der Waals surface area contributed by atoms with Crippen LogP contribution in [0.3, 0.4) is 0 Å². The van der Waals surface area contributed by atoms with Crippen LogP contribution in [0, 0.1) is 0 Å². The number of hydrogen-bond acceptors (Lipinski definition) is 4. The maximum Gasteiger partial charge on any atom is 0.282 e. The van der Waals surface area contributed by atoms with E-state index in [4.69, 9.17) is 4.74 Å². The summed E-state index contributed by atoms with van der Waals surface area (Å²) in [6.45, 7) is 3.10. The van der Waals surface area contributed by atoms with Gasteiger partial charge in [-0.15, -0.1) is 0 Å². The molecule has 0 fully saturated rings. The number of ether oxygens (including phenoxy) is 1. The normalized spacial score (nSPS) is 10.9. The van der Waals surface area contributed by atoms with Crippen LogP contribution in [0.25, 0.3) is 16.9 Å². The Morgan fingerprint density at radius 1 is 1.06 bits per heavy atom. The van der Waals surface area contributed by atoms with E-state index in [9.17, 15) is 9.59 Å². The molecule has 158 valence electrons. The monoisotopic (exact) mass is 416 g/mol. The summed E-state index contributed by atoms with van der Waals surface area (Å²) in [6.07, 6.45) is 4.41. The van der Waals surface area contributed by atoms with Crippen molar-refractivity contribution in [1.29, 1.82) is 0 Å². The van der Waals surface area contributed by atoms with Crippen LogP contribution < -0.4 is 15.6 Å². The fraction of sp³-hybridized carbons (Fsp3) is 0.208. The number of para-hydroxylation sites is 1. The van der Waals surface area contributed by atoms with Crippen LogP contribution in [-0.2, 0) is 13.1 Å². The fourth-order valence-electron chi connectivity index (χ4n) is 3.48. The van der Waals surface area contributed by atoms with Gasteiger partial charge in [-0.25, -0.2) is 0 Å². The Labute approximate surface area is 180 Å². The van der Waals surface area contributed by atoms with E-state index < -0.39 is 0 Å². The maximum absolute atomic E-state index is 13.1. The minimum absolute atomic E-state index is 0.240. The number of rotatable bonds is 7. The van der Waals surface area contributed by atoms with Crippen LogP contribution in [-0.4, -0.2) is 27.4 Å². The summed E-state index contributed by atoms with van der Waals surface area (Å²) in [4.78, 5) is 26.1. The zero-order chi connectivity index (χ0) is 21.8. The molecule has 0 spiro atoms. The SMILES string of the molecule is CCCn1cc(C(=O)NCc2ccc(OC)cc2)c2nn(-c3ccccc3)c(=O)c-2c1. The van der Waals surface area contributed by atoms with Crippen LogP contribution in [0.2, 0.25) is 0 Å². The minimum atomic E-state index is -0.274. The van der Waals surface area contributed by atoms with Gasteiger partial charge in [-0.1, -0.05) is 37.3 Å². The third kappa shape index (κ3) is 4.21. The molecule has 7 nitrogen and oxygen atoms in total. The van der Waals surface area contributed by atoms with E-state index in [1.165, 1.54) is 4.68 Å². The predicted octanol–water partition coefficient (Wildman–Crippen LogP) is 3.49. The van der Waals surface area contributed by atoms with E-state index in [2.05, 4.69) is 10.4 Å². The lowest BCUT2D eigenvalue weighted by Crippen LogP contribution is -2.25. The van der Waals surface area contributed by atoms with Crippen molar-refractivity contribution in [3.63, 3.8) is 0 Å². The Balaban J connectivity index is 1.69. The number of hydrogen-bond donors (Lipinski definition) is 1. The second-order valence-corrected chi connectivity index (χ2v) is 7.26. The molecule has 0 atom stereocenters. The van der Waals surface area contributed by atoms with Crippen LogP contribution in [0.15, 0.2) is 71.8 Å². The van der Waals surface area contributed by atoms with E-state index in [1.807, 2.05) is 66.1 Å². The van der Waals surface area contributed by atoms with Gasteiger partial charge in [-0.3, -0.25) is 9.59 Å². The summed E-state index contributed by atoms with van der Waals surface area (Å²) >= 11 is 0. The molecule has 0 saturated carbocycles. The molecule has 2 aromatic rings. The molecular formula is C24H24N4O3. The number of amides is 1. The van der Waals surface area contributed by atoms with Crippen molar-refractivity contribution >= 4 is 5.91 Å². The molecule has 4 rings (SSSR count). The molecule has 0 unspecified atom stereocenters. The van der Waals surface area contributed by atoms with Crippen molar-refractivity contribution in [1.82, 2.24) is 19.7 Å². The molecule has 0 aliphatic carbocycles. The minimum Gasteiger partial charge on any atom is -0.497 e. The summed E-state index contributed by atoms with van der Waals surface area (Å²) in [7, 11) is 1.61. The van der Waals surface area contributed by atoms with Crippen molar-refractivity contribution in [2.24, 2.45) is 0 Å². The first-order chi connectivity index (χ1) is 15.1. The molecule has 1 amide bonds. The number of benzene rings is 2. The van der Waals surface area contributed by atoms with E-state index >= 15 is 0 Å². The molecule has 2 aromatic carbocycles. The molecule has 0 radical (unpaired) electrons. The highest BCUT2D eigenvalue weighted by molar-refractivity contribution is 5.99. The molecule has 31 heavy (non-hydrogen) atoms. The zero-order valence-corrected chi connectivity index (χ0v) is 17.5. The lowest BCUT2D eigenvalue weighted by Gasteiger charge is -2.12. The molecule has 1 N–H and O–H groups in total. The first-order valence-corrected chi connectivity index (χ1v) is 10.2. The first-order valence-electron chi connectivity index (χ1n) is 10.2. The van der Waals surface area contributed by atoms with Gasteiger partial charge in [0.05, 0.1) is 23.9 Å². The first kappa shape index (κ1) is 20.4. The van der Waals surface area contributed by atoms with Gasteiger partial charge in [-0.05, 0) is 36.2 Å². The average Bonchev–Trinajstić information content (AvgIpc) is 3.14. The second-order valence-electron chi connectivity index (χ2n) is 7.26. The highest BCUT2D eigenvalue weighted by Gasteiger charge is 2.24. The van der Waals surface area contributed by atoms with Crippen LogP contribution in [0.1, 0.15) is 29.3 Å². The van der Waals surface area contributed by atoms with Gasteiger partial charge in [0.2, 0.25) is 0 Å². The number of pyridine rings is 1. The number of carbonyl (C=O) groups excluding carboxylic acids is 1. The summed E-state index contributed by atoms with van der Waals surface area (Å²) in [5, 5.41) is 7.43. The standard InChI is InChI=1S/C24H24N4O3/c1-3-13-27-15-20(23(29)25-14-17-9-11-19(31-2)12-10-17)22-21(16-27)24(30)28(26-22)18-7-5-4-6-8-18/h4-12,15-16H,3,13-14H2,1-2H3,(H,25,29). The van der Waals surface area contributed by atoms with Crippen molar-refractivity contribution < 1.29 is 9.53 Å². The largest absolute Gasteiger partial charge is 0.497 e. The topological polar surface area (TPSA) is 78.2 Å². The van der Waals surface area contributed by atoms with Gasteiger partial charge in [0.1, 0.15) is 11.4 Å². The molecule has 0 aromatic heterocycles. The summed E-state index contributed by atoms with van der Waals surface area (Å²) in [5.41, 5.74) is 2.57. The molecule has 2 aliphatic rings. The lowest BCUT2D eigenvalue weighted by atomic mass is 10.1. The fourth-order valence-corrected chi connectivity index (χ4v) is 3.48. The Bertz CT molecular complexity index is 1210. The summed E-state index contributed by atoms with van der Waals surface area (Å²) < 4.78 is 8.39. The Morgan fingerprint density at radius 3 is 2.48 bits per heavy atom. The van der Waals surface area contributed by atoms with Gasteiger partial charge >= 0.3 is 0 Å². The molecule has 7 heteroatoms. The number of nitrogens with one attached hydrogen (secondary N) is 1.